The van der Waals surface area contributed by atoms with Crippen LogP contribution in [0.5, 0.6) is 0 Å². The van der Waals surface area contributed by atoms with Crippen LogP contribution in [0, 0.1) is 17.8 Å². The first-order valence-corrected chi connectivity index (χ1v) is 5.47. The molecule has 2 rings (SSSR count). The first-order chi connectivity index (χ1) is 6.16. The molecule has 0 radical (unpaired) electrons. The van der Waals surface area contributed by atoms with Crippen LogP contribution in [0.2, 0.25) is 0 Å². The van der Waals surface area contributed by atoms with Crippen LogP contribution in [0.25, 0.3) is 0 Å². The fourth-order valence-corrected chi connectivity index (χ4v) is 2.77. The molecule has 0 heterocycles. The molecule has 0 aliphatic heterocycles. The zero-order valence-corrected chi connectivity index (χ0v) is 8.55. The Labute approximate surface area is 80.1 Å². The SMILES string of the molecule is CC(C)C(=O)N[C@@H]1C[C@H]2CC[C@H]1C2. The lowest BCUT2D eigenvalue weighted by Gasteiger charge is -2.23. The standard InChI is InChI=1S/C11H19NO/c1-7(2)11(13)12-10-6-8-3-4-9(10)5-8/h7-10H,3-6H2,1-2H3,(H,12,13)/t8-,9-,10+/m0/s1. The average Bonchev–Trinajstić information content (AvgIpc) is 2.64. The lowest BCUT2D eigenvalue weighted by molar-refractivity contribution is -0.125. The molecule has 1 N–H and O–H groups in total. The topological polar surface area (TPSA) is 29.1 Å². The second-order valence-electron chi connectivity index (χ2n) is 4.94. The number of fused-ring (bicyclic) bond motifs is 2. The van der Waals surface area contributed by atoms with Gasteiger partial charge in [0, 0.05) is 12.0 Å². The Balaban J connectivity index is 1.86. The Morgan fingerprint density at radius 1 is 1.31 bits per heavy atom. The molecule has 2 nitrogen and oxygen atoms in total. The van der Waals surface area contributed by atoms with Crippen LogP contribution in [-0.2, 0) is 4.79 Å². The van der Waals surface area contributed by atoms with E-state index in [2.05, 4.69) is 5.32 Å². The highest BCUT2D eigenvalue weighted by Gasteiger charge is 2.40. The van der Waals surface area contributed by atoms with Crippen molar-refractivity contribution in [3.05, 3.63) is 0 Å². The largest absolute Gasteiger partial charge is 0.353 e. The molecule has 74 valence electrons. The van der Waals surface area contributed by atoms with E-state index in [1.807, 2.05) is 13.8 Å². The minimum atomic E-state index is 0.138. The van der Waals surface area contributed by atoms with Gasteiger partial charge in [-0.15, -0.1) is 0 Å². The highest BCUT2D eigenvalue weighted by Crippen LogP contribution is 2.44. The number of carbonyl (C=O) groups excluding carboxylic acids is 1. The second kappa shape index (κ2) is 3.32. The van der Waals surface area contributed by atoms with Gasteiger partial charge >= 0.3 is 0 Å². The van der Waals surface area contributed by atoms with Crippen molar-refractivity contribution >= 4 is 5.91 Å². The third-order valence-electron chi connectivity index (χ3n) is 3.59. The molecule has 2 bridgehead atoms. The highest BCUT2D eigenvalue weighted by atomic mass is 16.1. The smallest absolute Gasteiger partial charge is 0.222 e. The van der Waals surface area contributed by atoms with E-state index in [0.29, 0.717) is 6.04 Å². The van der Waals surface area contributed by atoms with Crippen molar-refractivity contribution in [3.63, 3.8) is 0 Å². The predicted molar refractivity (Wildman–Crippen MR) is 52.2 cm³/mol. The first kappa shape index (κ1) is 9.04. The lowest BCUT2D eigenvalue weighted by Crippen LogP contribution is -2.40. The summed E-state index contributed by atoms with van der Waals surface area (Å²) in [6, 6.07) is 0.508. The van der Waals surface area contributed by atoms with Gasteiger partial charge in [0.2, 0.25) is 5.91 Å². The van der Waals surface area contributed by atoms with E-state index in [1.54, 1.807) is 0 Å². The molecule has 13 heavy (non-hydrogen) atoms. The van der Waals surface area contributed by atoms with Gasteiger partial charge in [0.05, 0.1) is 0 Å². The summed E-state index contributed by atoms with van der Waals surface area (Å²) in [5, 5.41) is 3.17. The van der Waals surface area contributed by atoms with Crippen molar-refractivity contribution in [1.29, 1.82) is 0 Å². The molecule has 0 aromatic heterocycles. The maximum absolute atomic E-state index is 11.5. The Bertz CT molecular complexity index is 212. The van der Waals surface area contributed by atoms with Crippen molar-refractivity contribution in [2.24, 2.45) is 17.8 Å². The first-order valence-electron chi connectivity index (χ1n) is 5.47. The summed E-state index contributed by atoms with van der Waals surface area (Å²) < 4.78 is 0. The Kier molecular flexibility index (Phi) is 2.31. The van der Waals surface area contributed by atoms with Crippen LogP contribution < -0.4 is 5.32 Å². The van der Waals surface area contributed by atoms with Crippen LogP contribution in [0.15, 0.2) is 0 Å². The number of hydrogen-bond acceptors (Lipinski definition) is 1. The third-order valence-corrected chi connectivity index (χ3v) is 3.59. The van der Waals surface area contributed by atoms with Crippen molar-refractivity contribution < 1.29 is 4.79 Å². The predicted octanol–water partition coefficient (Wildman–Crippen LogP) is 1.95. The summed E-state index contributed by atoms with van der Waals surface area (Å²) in [6.45, 7) is 3.92. The Morgan fingerprint density at radius 2 is 2.08 bits per heavy atom. The third kappa shape index (κ3) is 1.72. The van der Waals surface area contributed by atoms with Crippen LogP contribution >= 0.6 is 0 Å². The van der Waals surface area contributed by atoms with E-state index >= 15 is 0 Å². The van der Waals surface area contributed by atoms with Gasteiger partial charge in [0.1, 0.15) is 0 Å². The fraction of sp³-hybridized carbons (Fsp3) is 0.909. The van der Waals surface area contributed by atoms with Gasteiger partial charge in [-0.25, -0.2) is 0 Å². The minimum Gasteiger partial charge on any atom is -0.353 e. The minimum absolute atomic E-state index is 0.138. The number of amides is 1. The molecule has 0 spiro atoms. The zero-order valence-electron chi connectivity index (χ0n) is 8.55. The average molecular weight is 181 g/mol. The number of hydrogen-bond donors (Lipinski definition) is 1. The maximum Gasteiger partial charge on any atom is 0.222 e. The molecule has 2 saturated carbocycles. The van der Waals surface area contributed by atoms with Crippen molar-refractivity contribution in [1.82, 2.24) is 5.32 Å². The zero-order chi connectivity index (χ0) is 9.42. The molecule has 2 aliphatic rings. The molecule has 0 aromatic rings. The summed E-state index contributed by atoms with van der Waals surface area (Å²) >= 11 is 0. The molecule has 2 fully saturated rings. The normalized spacial score (nSPS) is 37.0. The molecule has 0 saturated heterocycles. The summed E-state index contributed by atoms with van der Waals surface area (Å²) in [7, 11) is 0. The number of rotatable bonds is 2. The van der Waals surface area contributed by atoms with E-state index in [0.717, 1.165) is 11.8 Å². The number of nitrogens with one attached hydrogen (secondary N) is 1. The van der Waals surface area contributed by atoms with Crippen molar-refractivity contribution in [3.8, 4) is 0 Å². The highest BCUT2D eigenvalue weighted by molar-refractivity contribution is 5.78. The van der Waals surface area contributed by atoms with Gasteiger partial charge in [-0.2, -0.15) is 0 Å². The van der Waals surface area contributed by atoms with Crippen molar-refractivity contribution in [2.45, 2.75) is 45.6 Å². The van der Waals surface area contributed by atoms with Crippen LogP contribution in [-0.4, -0.2) is 11.9 Å². The molecule has 2 aliphatic carbocycles. The van der Waals surface area contributed by atoms with Crippen LogP contribution in [0.3, 0.4) is 0 Å². The van der Waals surface area contributed by atoms with Gasteiger partial charge in [0.15, 0.2) is 0 Å². The van der Waals surface area contributed by atoms with E-state index < -0.39 is 0 Å². The molecular formula is C11H19NO. The van der Waals surface area contributed by atoms with E-state index in [4.69, 9.17) is 0 Å². The quantitative estimate of drug-likeness (QED) is 0.693. The second-order valence-corrected chi connectivity index (χ2v) is 4.94. The summed E-state index contributed by atoms with van der Waals surface area (Å²) in [5.41, 5.74) is 0. The van der Waals surface area contributed by atoms with Gasteiger partial charge in [0.25, 0.3) is 0 Å². The van der Waals surface area contributed by atoms with Gasteiger partial charge < -0.3 is 5.32 Å². The molecule has 3 atom stereocenters. The monoisotopic (exact) mass is 181 g/mol. The summed E-state index contributed by atoms with van der Waals surface area (Å²) in [6.07, 6.45) is 5.35. The van der Waals surface area contributed by atoms with Gasteiger partial charge in [-0.1, -0.05) is 20.3 Å². The van der Waals surface area contributed by atoms with E-state index in [-0.39, 0.29) is 11.8 Å². The van der Waals surface area contributed by atoms with E-state index in [1.165, 1.54) is 25.7 Å². The maximum atomic E-state index is 11.5. The molecule has 0 aromatic carbocycles. The Morgan fingerprint density at radius 3 is 2.54 bits per heavy atom. The molecular weight excluding hydrogens is 162 g/mol. The molecule has 1 amide bonds. The van der Waals surface area contributed by atoms with Gasteiger partial charge in [-0.3, -0.25) is 4.79 Å². The fourth-order valence-electron chi connectivity index (χ4n) is 2.77. The number of carbonyl (C=O) groups is 1. The summed E-state index contributed by atoms with van der Waals surface area (Å²) in [4.78, 5) is 11.5. The van der Waals surface area contributed by atoms with Crippen LogP contribution in [0.1, 0.15) is 39.5 Å². The van der Waals surface area contributed by atoms with Crippen LogP contribution in [0.4, 0.5) is 0 Å². The van der Waals surface area contributed by atoms with Gasteiger partial charge in [-0.05, 0) is 31.1 Å². The Hall–Kier alpha value is -0.530. The van der Waals surface area contributed by atoms with Crippen molar-refractivity contribution in [2.75, 3.05) is 0 Å². The van der Waals surface area contributed by atoms with E-state index in [9.17, 15) is 4.79 Å². The summed E-state index contributed by atoms with van der Waals surface area (Å²) in [5.74, 6) is 2.09. The molecule has 0 unspecified atom stereocenters. The lowest BCUT2D eigenvalue weighted by atomic mass is 9.95. The molecule has 2 heteroatoms.